The molecule has 1 atom stereocenters. The zero-order valence-corrected chi connectivity index (χ0v) is 15.6. The molecule has 2 aromatic carbocycles. The molecule has 2 heterocycles. The van der Waals surface area contributed by atoms with Crippen LogP contribution in [0.2, 0.25) is 0 Å². The number of amides is 2. The normalized spacial score (nSPS) is 17.7. The highest BCUT2D eigenvalue weighted by Gasteiger charge is 2.36. The van der Waals surface area contributed by atoms with Crippen molar-refractivity contribution in [1.82, 2.24) is 10.2 Å². The van der Waals surface area contributed by atoms with Crippen molar-refractivity contribution >= 4 is 11.8 Å². The molecule has 0 spiro atoms. The summed E-state index contributed by atoms with van der Waals surface area (Å²) in [4.78, 5) is 26.7. The van der Waals surface area contributed by atoms with Crippen LogP contribution >= 0.6 is 0 Å². The van der Waals surface area contributed by atoms with Crippen LogP contribution in [0.4, 0.5) is 0 Å². The minimum Gasteiger partial charge on any atom is -0.497 e. The van der Waals surface area contributed by atoms with E-state index in [9.17, 15) is 9.59 Å². The van der Waals surface area contributed by atoms with Gasteiger partial charge in [0.2, 0.25) is 18.6 Å². The number of carbonyl (C=O) groups excluding carboxylic acids is 2. The topological polar surface area (TPSA) is 77.1 Å². The van der Waals surface area contributed by atoms with Gasteiger partial charge < -0.3 is 24.4 Å². The van der Waals surface area contributed by atoms with Crippen molar-refractivity contribution in [3.05, 3.63) is 53.6 Å². The molecule has 7 nitrogen and oxygen atoms in total. The van der Waals surface area contributed by atoms with Crippen LogP contribution < -0.4 is 19.5 Å². The third-order valence-electron chi connectivity index (χ3n) is 5.05. The van der Waals surface area contributed by atoms with Crippen LogP contribution in [0.15, 0.2) is 42.5 Å². The van der Waals surface area contributed by atoms with Crippen LogP contribution in [0.1, 0.15) is 24.0 Å². The predicted molar refractivity (Wildman–Crippen MR) is 101 cm³/mol. The van der Waals surface area contributed by atoms with Crippen LogP contribution in [-0.2, 0) is 22.7 Å². The summed E-state index contributed by atoms with van der Waals surface area (Å²) in [5, 5.41) is 2.94. The van der Waals surface area contributed by atoms with Crippen LogP contribution in [0.25, 0.3) is 0 Å². The Kier molecular flexibility index (Phi) is 5.06. The molecule has 1 unspecified atom stereocenters. The van der Waals surface area contributed by atoms with E-state index in [0.29, 0.717) is 37.4 Å². The fraction of sp³-hybridized carbons (Fsp3) is 0.333. The van der Waals surface area contributed by atoms with Crippen molar-refractivity contribution in [3.8, 4) is 17.2 Å². The Balaban J connectivity index is 1.39. The number of carbonyl (C=O) groups is 2. The highest BCUT2D eigenvalue weighted by molar-refractivity contribution is 5.90. The maximum Gasteiger partial charge on any atom is 0.243 e. The minimum absolute atomic E-state index is 0.0118. The SMILES string of the molecule is COc1ccc(CNC(=O)C2CCC(=O)N2Cc2ccc3c(c2)OCO3)cc1. The van der Waals surface area contributed by atoms with Crippen LogP contribution in [-0.4, -0.2) is 36.7 Å². The number of benzene rings is 2. The van der Waals surface area contributed by atoms with Gasteiger partial charge in [-0.2, -0.15) is 0 Å². The Morgan fingerprint density at radius 3 is 2.68 bits per heavy atom. The van der Waals surface area contributed by atoms with Gasteiger partial charge in [-0.1, -0.05) is 18.2 Å². The zero-order valence-electron chi connectivity index (χ0n) is 15.6. The molecule has 2 aliphatic rings. The largest absolute Gasteiger partial charge is 0.497 e. The third kappa shape index (κ3) is 3.74. The number of nitrogens with one attached hydrogen (secondary N) is 1. The molecule has 146 valence electrons. The van der Waals surface area contributed by atoms with E-state index in [2.05, 4.69) is 5.32 Å². The summed E-state index contributed by atoms with van der Waals surface area (Å²) in [5.41, 5.74) is 1.88. The fourth-order valence-electron chi connectivity index (χ4n) is 3.49. The summed E-state index contributed by atoms with van der Waals surface area (Å²) in [5.74, 6) is 1.99. The Morgan fingerprint density at radius 2 is 1.89 bits per heavy atom. The van der Waals surface area contributed by atoms with Crippen molar-refractivity contribution in [2.75, 3.05) is 13.9 Å². The van der Waals surface area contributed by atoms with Crippen molar-refractivity contribution in [2.45, 2.75) is 32.0 Å². The molecule has 0 saturated carbocycles. The van der Waals surface area contributed by atoms with Gasteiger partial charge in [0.05, 0.1) is 7.11 Å². The molecule has 0 aliphatic carbocycles. The lowest BCUT2D eigenvalue weighted by Gasteiger charge is -2.24. The first-order chi connectivity index (χ1) is 13.6. The Labute approximate surface area is 163 Å². The number of nitrogens with zero attached hydrogens (tertiary/aromatic N) is 1. The summed E-state index contributed by atoms with van der Waals surface area (Å²) < 4.78 is 15.9. The molecule has 0 bridgehead atoms. The second kappa shape index (κ2) is 7.80. The van der Waals surface area contributed by atoms with Gasteiger partial charge in [-0.25, -0.2) is 0 Å². The molecule has 7 heteroatoms. The molecule has 4 rings (SSSR count). The molecule has 1 fully saturated rings. The third-order valence-corrected chi connectivity index (χ3v) is 5.05. The van der Waals surface area contributed by atoms with Crippen molar-refractivity contribution in [3.63, 3.8) is 0 Å². The second-order valence-electron chi connectivity index (χ2n) is 6.83. The van der Waals surface area contributed by atoms with E-state index in [0.717, 1.165) is 16.9 Å². The Morgan fingerprint density at radius 1 is 1.14 bits per heavy atom. The number of ether oxygens (including phenoxy) is 3. The molecule has 0 aromatic heterocycles. The summed E-state index contributed by atoms with van der Waals surface area (Å²) in [6.07, 6.45) is 0.906. The summed E-state index contributed by atoms with van der Waals surface area (Å²) >= 11 is 0. The Bertz CT molecular complexity index is 881. The molecule has 1 N–H and O–H groups in total. The smallest absolute Gasteiger partial charge is 0.243 e. The van der Waals surface area contributed by atoms with E-state index in [-0.39, 0.29) is 18.6 Å². The van der Waals surface area contributed by atoms with Crippen LogP contribution in [0, 0.1) is 0 Å². The number of rotatable bonds is 6. The van der Waals surface area contributed by atoms with E-state index < -0.39 is 6.04 Å². The second-order valence-corrected chi connectivity index (χ2v) is 6.83. The van der Waals surface area contributed by atoms with Gasteiger partial charge in [0.1, 0.15) is 11.8 Å². The molecule has 2 aliphatic heterocycles. The number of likely N-dealkylation sites (tertiary alicyclic amines) is 1. The number of fused-ring (bicyclic) bond motifs is 1. The molecule has 2 aromatic rings. The number of hydrogen-bond donors (Lipinski definition) is 1. The molecule has 2 amide bonds. The lowest BCUT2D eigenvalue weighted by Crippen LogP contribution is -2.44. The van der Waals surface area contributed by atoms with E-state index in [1.807, 2.05) is 42.5 Å². The summed E-state index contributed by atoms with van der Waals surface area (Å²) in [6.45, 7) is 0.985. The fourth-order valence-corrected chi connectivity index (χ4v) is 3.49. The van der Waals surface area contributed by atoms with Gasteiger partial charge in [-0.3, -0.25) is 9.59 Å². The van der Waals surface area contributed by atoms with Gasteiger partial charge in [0, 0.05) is 19.5 Å². The standard InChI is InChI=1S/C21H22N2O5/c1-26-16-5-2-14(3-6-16)11-22-21(25)17-7-9-20(24)23(17)12-15-4-8-18-19(10-15)28-13-27-18/h2-6,8,10,17H,7,9,11-13H2,1H3,(H,22,25). The van der Waals surface area contributed by atoms with Gasteiger partial charge in [0.25, 0.3) is 0 Å². The molecule has 1 saturated heterocycles. The highest BCUT2D eigenvalue weighted by Crippen LogP contribution is 2.33. The van der Waals surface area contributed by atoms with Crippen molar-refractivity contribution in [2.24, 2.45) is 0 Å². The summed E-state index contributed by atoms with van der Waals surface area (Å²) in [6, 6.07) is 12.6. The van der Waals surface area contributed by atoms with Gasteiger partial charge in [-0.15, -0.1) is 0 Å². The Hall–Kier alpha value is -3.22. The monoisotopic (exact) mass is 382 g/mol. The van der Waals surface area contributed by atoms with Crippen molar-refractivity contribution < 1.29 is 23.8 Å². The molecular formula is C21H22N2O5. The lowest BCUT2D eigenvalue weighted by atomic mass is 10.1. The van der Waals surface area contributed by atoms with Gasteiger partial charge in [0.15, 0.2) is 11.5 Å². The van der Waals surface area contributed by atoms with E-state index in [1.54, 1.807) is 12.0 Å². The van der Waals surface area contributed by atoms with E-state index in [1.165, 1.54) is 0 Å². The van der Waals surface area contributed by atoms with Crippen LogP contribution in [0.3, 0.4) is 0 Å². The number of hydrogen-bond acceptors (Lipinski definition) is 5. The first-order valence-electron chi connectivity index (χ1n) is 9.22. The maximum absolute atomic E-state index is 12.7. The van der Waals surface area contributed by atoms with Gasteiger partial charge in [-0.05, 0) is 41.8 Å². The van der Waals surface area contributed by atoms with Crippen LogP contribution in [0.5, 0.6) is 17.2 Å². The number of methoxy groups -OCH3 is 1. The average molecular weight is 382 g/mol. The molecular weight excluding hydrogens is 360 g/mol. The quantitative estimate of drug-likeness (QED) is 0.829. The predicted octanol–water partition coefficient (Wildman–Crippen LogP) is 2.23. The first-order valence-corrected chi connectivity index (χ1v) is 9.22. The minimum atomic E-state index is -0.462. The lowest BCUT2D eigenvalue weighted by molar-refractivity contribution is -0.135. The van der Waals surface area contributed by atoms with Gasteiger partial charge >= 0.3 is 0 Å². The average Bonchev–Trinajstić information content (AvgIpc) is 3.33. The first kappa shape index (κ1) is 18.2. The molecule has 28 heavy (non-hydrogen) atoms. The zero-order chi connectivity index (χ0) is 19.5. The molecule has 0 radical (unpaired) electrons. The highest BCUT2D eigenvalue weighted by atomic mass is 16.7. The van der Waals surface area contributed by atoms with E-state index >= 15 is 0 Å². The van der Waals surface area contributed by atoms with E-state index in [4.69, 9.17) is 14.2 Å². The van der Waals surface area contributed by atoms with Crippen molar-refractivity contribution in [1.29, 1.82) is 0 Å². The maximum atomic E-state index is 12.7. The summed E-state index contributed by atoms with van der Waals surface area (Å²) in [7, 11) is 1.61.